The van der Waals surface area contributed by atoms with Gasteiger partial charge in [0.15, 0.2) is 5.15 Å². The average Bonchev–Trinajstić information content (AvgIpc) is 2.57. The highest BCUT2D eigenvalue weighted by Gasteiger charge is 2.15. The number of halogens is 3. The monoisotopic (exact) mass is 390 g/mol. The summed E-state index contributed by atoms with van der Waals surface area (Å²) >= 11 is 17.7. The van der Waals surface area contributed by atoms with Crippen molar-refractivity contribution in [3.8, 4) is 11.6 Å². The maximum atomic E-state index is 11.5. The molecular formula is C15H13Cl3N2O4. The van der Waals surface area contributed by atoms with Gasteiger partial charge in [0.1, 0.15) is 17.4 Å². The van der Waals surface area contributed by atoms with E-state index in [9.17, 15) is 4.79 Å². The average molecular weight is 392 g/mol. The van der Waals surface area contributed by atoms with E-state index in [0.29, 0.717) is 17.0 Å². The number of aromatic nitrogens is 1. The maximum absolute atomic E-state index is 11.5. The van der Waals surface area contributed by atoms with Crippen LogP contribution in [0.15, 0.2) is 24.3 Å². The van der Waals surface area contributed by atoms with Crippen LogP contribution in [0, 0.1) is 0 Å². The van der Waals surface area contributed by atoms with Crippen molar-refractivity contribution in [1.82, 2.24) is 4.98 Å². The first kappa shape index (κ1) is 18.4. The van der Waals surface area contributed by atoms with Crippen LogP contribution in [0.25, 0.3) is 0 Å². The van der Waals surface area contributed by atoms with E-state index in [2.05, 4.69) is 15.0 Å². The zero-order chi connectivity index (χ0) is 17.7. The number of benzene rings is 1. The summed E-state index contributed by atoms with van der Waals surface area (Å²) in [5, 5.41) is 3.09. The standard InChI is InChI=1S/C15H13Cl3N2O4/c1-22-12-5-3-4-11(19-15(21)23-2)8(12)7-24-14-10(17)6-9(16)13(18)20-14/h3-6H,7H2,1-2H3,(H,19,21). The molecule has 9 heteroatoms. The Balaban J connectivity index is 2.28. The number of carbonyl (C=O) groups is 1. The number of rotatable bonds is 5. The van der Waals surface area contributed by atoms with Gasteiger partial charge < -0.3 is 14.2 Å². The van der Waals surface area contributed by atoms with Crippen LogP contribution in [0.4, 0.5) is 10.5 Å². The van der Waals surface area contributed by atoms with Crippen molar-refractivity contribution in [3.63, 3.8) is 0 Å². The molecule has 0 saturated heterocycles. The Hall–Kier alpha value is -1.89. The number of hydrogen-bond acceptors (Lipinski definition) is 5. The number of ether oxygens (including phenoxy) is 3. The summed E-state index contributed by atoms with van der Waals surface area (Å²) in [6.45, 7) is 0.0218. The predicted octanol–water partition coefficient (Wildman–Crippen LogP) is 4.81. The highest BCUT2D eigenvalue weighted by atomic mass is 35.5. The molecule has 2 rings (SSSR count). The highest BCUT2D eigenvalue weighted by Crippen LogP contribution is 2.33. The van der Waals surface area contributed by atoms with Crippen LogP contribution in [0.2, 0.25) is 15.2 Å². The Bertz CT molecular complexity index is 756. The lowest BCUT2D eigenvalue weighted by atomic mass is 10.1. The first-order valence-corrected chi connectivity index (χ1v) is 7.74. The van der Waals surface area contributed by atoms with Gasteiger partial charge in [-0.15, -0.1) is 0 Å². The van der Waals surface area contributed by atoms with Crippen molar-refractivity contribution in [1.29, 1.82) is 0 Å². The van der Waals surface area contributed by atoms with Gasteiger partial charge in [0, 0.05) is 0 Å². The molecule has 6 nitrogen and oxygen atoms in total. The second-order valence-corrected chi connectivity index (χ2v) is 5.61. The molecule has 0 aliphatic heterocycles. The van der Waals surface area contributed by atoms with Gasteiger partial charge in [-0.2, -0.15) is 4.98 Å². The zero-order valence-corrected chi connectivity index (χ0v) is 15.0. The molecule has 1 aromatic carbocycles. The fourth-order valence-corrected chi connectivity index (χ4v) is 2.40. The van der Waals surface area contributed by atoms with Crippen LogP contribution >= 0.6 is 34.8 Å². The number of nitrogens with zero attached hydrogens (tertiary/aromatic N) is 1. The molecule has 1 amide bonds. The highest BCUT2D eigenvalue weighted by molar-refractivity contribution is 6.42. The summed E-state index contributed by atoms with van der Waals surface area (Å²) in [5.74, 6) is 0.626. The molecule has 0 bridgehead atoms. The summed E-state index contributed by atoms with van der Waals surface area (Å²) in [5.41, 5.74) is 1.05. The van der Waals surface area contributed by atoms with Gasteiger partial charge in [-0.25, -0.2) is 4.79 Å². The third-order valence-electron chi connectivity index (χ3n) is 2.98. The lowest BCUT2D eigenvalue weighted by Crippen LogP contribution is -2.14. The molecule has 0 atom stereocenters. The number of hydrogen-bond donors (Lipinski definition) is 1. The van der Waals surface area contributed by atoms with Gasteiger partial charge >= 0.3 is 6.09 Å². The minimum absolute atomic E-state index is 0.0218. The van der Waals surface area contributed by atoms with Crippen molar-refractivity contribution in [2.24, 2.45) is 0 Å². The molecule has 0 saturated carbocycles. The molecule has 1 heterocycles. The van der Waals surface area contributed by atoms with Crippen LogP contribution in [-0.4, -0.2) is 25.3 Å². The van der Waals surface area contributed by atoms with E-state index in [1.165, 1.54) is 20.3 Å². The molecule has 0 fully saturated rings. The first-order chi connectivity index (χ1) is 11.5. The molecule has 0 spiro atoms. The third-order valence-corrected chi connectivity index (χ3v) is 3.93. The van der Waals surface area contributed by atoms with Crippen LogP contribution < -0.4 is 14.8 Å². The summed E-state index contributed by atoms with van der Waals surface area (Å²) in [6, 6.07) is 6.56. The van der Waals surface area contributed by atoms with Gasteiger partial charge in [0.05, 0.1) is 30.5 Å². The number of carbonyl (C=O) groups excluding carboxylic acids is 1. The Kier molecular flexibility index (Phi) is 6.36. The van der Waals surface area contributed by atoms with E-state index in [0.717, 1.165) is 0 Å². The van der Waals surface area contributed by atoms with E-state index in [1.807, 2.05) is 0 Å². The Morgan fingerprint density at radius 3 is 2.62 bits per heavy atom. The van der Waals surface area contributed by atoms with E-state index in [-0.39, 0.29) is 27.7 Å². The Morgan fingerprint density at radius 2 is 1.96 bits per heavy atom. The van der Waals surface area contributed by atoms with Crippen LogP contribution in [-0.2, 0) is 11.3 Å². The molecule has 1 aromatic heterocycles. The fourth-order valence-electron chi connectivity index (χ4n) is 1.85. The van der Waals surface area contributed by atoms with Gasteiger partial charge in [-0.05, 0) is 18.2 Å². The van der Waals surface area contributed by atoms with Crippen molar-refractivity contribution >= 4 is 46.6 Å². The molecule has 24 heavy (non-hydrogen) atoms. The normalized spacial score (nSPS) is 10.2. The number of amides is 1. The van der Waals surface area contributed by atoms with Crippen LogP contribution in [0.1, 0.15) is 5.56 Å². The van der Waals surface area contributed by atoms with Crippen molar-refractivity contribution in [2.75, 3.05) is 19.5 Å². The number of nitrogens with one attached hydrogen (secondary N) is 1. The van der Waals surface area contributed by atoms with E-state index in [1.54, 1.807) is 18.2 Å². The van der Waals surface area contributed by atoms with Crippen LogP contribution in [0.3, 0.4) is 0 Å². The van der Waals surface area contributed by atoms with Gasteiger partial charge in [-0.3, -0.25) is 5.32 Å². The smallest absolute Gasteiger partial charge is 0.411 e. The molecule has 1 N–H and O–H groups in total. The molecule has 0 radical (unpaired) electrons. The summed E-state index contributed by atoms with van der Waals surface area (Å²) in [7, 11) is 2.77. The second kappa shape index (κ2) is 8.28. The first-order valence-electron chi connectivity index (χ1n) is 6.61. The maximum Gasteiger partial charge on any atom is 0.411 e. The quantitative estimate of drug-likeness (QED) is 0.741. The topological polar surface area (TPSA) is 69.7 Å². The summed E-state index contributed by atoms with van der Waals surface area (Å²) < 4.78 is 15.5. The van der Waals surface area contributed by atoms with E-state index >= 15 is 0 Å². The number of pyridine rings is 1. The molecule has 2 aromatic rings. The fraction of sp³-hybridized carbons (Fsp3) is 0.200. The number of anilines is 1. The Morgan fingerprint density at radius 1 is 1.21 bits per heavy atom. The van der Waals surface area contributed by atoms with Crippen molar-refractivity contribution < 1.29 is 19.0 Å². The summed E-state index contributed by atoms with van der Waals surface area (Å²) in [6.07, 6.45) is -0.616. The molecule has 0 aliphatic carbocycles. The van der Waals surface area contributed by atoms with Gasteiger partial charge in [0.2, 0.25) is 5.88 Å². The van der Waals surface area contributed by atoms with Gasteiger partial charge in [0.25, 0.3) is 0 Å². The molecule has 0 unspecified atom stereocenters. The molecule has 128 valence electrons. The number of methoxy groups -OCH3 is 2. The van der Waals surface area contributed by atoms with Crippen molar-refractivity contribution in [3.05, 3.63) is 45.0 Å². The van der Waals surface area contributed by atoms with Gasteiger partial charge in [-0.1, -0.05) is 40.9 Å². The molecule has 0 aliphatic rings. The van der Waals surface area contributed by atoms with E-state index < -0.39 is 6.09 Å². The third kappa shape index (κ3) is 4.35. The second-order valence-electron chi connectivity index (χ2n) is 4.44. The minimum Gasteiger partial charge on any atom is -0.496 e. The minimum atomic E-state index is -0.616. The largest absolute Gasteiger partial charge is 0.496 e. The molecular weight excluding hydrogens is 379 g/mol. The summed E-state index contributed by atoms with van der Waals surface area (Å²) in [4.78, 5) is 15.4. The Labute approximate surface area is 153 Å². The van der Waals surface area contributed by atoms with Crippen LogP contribution in [0.5, 0.6) is 11.6 Å². The predicted molar refractivity (Wildman–Crippen MR) is 92.6 cm³/mol. The SMILES string of the molecule is COC(=O)Nc1cccc(OC)c1COc1nc(Cl)c(Cl)cc1Cl. The zero-order valence-electron chi connectivity index (χ0n) is 12.7. The van der Waals surface area contributed by atoms with E-state index in [4.69, 9.17) is 44.3 Å². The van der Waals surface area contributed by atoms with Crippen molar-refractivity contribution in [2.45, 2.75) is 6.61 Å². The lowest BCUT2D eigenvalue weighted by molar-refractivity contribution is 0.187. The lowest BCUT2D eigenvalue weighted by Gasteiger charge is -2.15.